The van der Waals surface area contributed by atoms with Crippen molar-refractivity contribution in [1.29, 1.82) is 0 Å². The Bertz CT molecular complexity index is 776. The lowest BCUT2D eigenvalue weighted by Crippen LogP contribution is -1.96. The van der Waals surface area contributed by atoms with E-state index in [1.807, 2.05) is 0 Å². The predicted molar refractivity (Wildman–Crippen MR) is 77.7 cm³/mol. The van der Waals surface area contributed by atoms with E-state index in [0.717, 1.165) is 6.26 Å². The van der Waals surface area contributed by atoms with E-state index in [4.69, 9.17) is 4.74 Å². The molecule has 0 aromatic heterocycles. The topological polar surface area (TPSA) is 80.7 Å². The second kappa shape index (κ2) is 5.57. The van der Waals surface area contributed by atoms with Gasteiger partial charge in [-0.2, -0.15) is 0 Å². The van der Waals surface area contributed by atoms with Gasteiger partial charge in [-0.3, -0.25) is 4.79 Å². The third-order valence-electron chi connectivity index (χ3n) is 2.79. The highest BCUT2D eigenvalue weighted by molar-refractivity contribution is 7.90. The van der Waals surface area contributed by atoms with Crippen molar-refractivity contribution in [2.75, 3.05) is 6.26 Å². The number of aromatic hydroxyl groups is 1. The number of phenolic OH excluding ortho intramolecular Hbond substituents is 1. The van der Waals surface area contributed by atoms with Crippen molar-refractivity contribution in [3.8, 4) is 17.2 Å². The first kappa shape index (κ1) is 15.1. The maximum absolute atomic E-state index is 11.4. The molecule has 1 N–H and O–H groups in total. The third-order valence-corrected chi connectivity index (χ3v) is 3.91. The van der Waals surface area contributed by atoms with Gasteiger partial charge in [-0.1, -0.05) is 0 Å². The van der Waals surface area contributed by atoms with E-state index in [9.17, 15) is 18.3 Å². The Labute approximate surface area is 122 Å². The SMILES string of the molecule is CC(=O)c1cc(O)cc(Oc2ccc(S(C)(=O)=O)cc2)c1. The van der Waals surface area contributed by atoms with E-state index in [1.54, 1.807) is 0 Å². The second-order valence-electron chi connectivity index (χ2n) is 4.62. The fraction of sp³-hybridized carbons (Fsp3) is 0.133. The van der Waals surface area contributed by atoms with Crippen LogP contribution in [0.1, 0.15) is 17.3 Å². The number of phenols is 1. The van der Waals surface area contributed by atoms with Crippen LogP contribution in [0.25, 0.3) is 0 Å². The normalized spacial score (nSPS) is 11.1. The molecule has 21 heavy (non-hydrogen) atoms. The van der Waals surface area contributed by atoms with Gasteiger partial charge in [0.25, 0.3) is 0 Å². The van der Waals surface area contributed by atoms with Crippen molar-refractivity contribution >= 4 is 15.6 Å². The number of hydrogen-bond acceptors (Lipinski definition) is 5. The van der Waals surface area contributed by atoms with Crippen molar-refractivity contribution < 1.29 is 23.1 Å². The average Bonchev–Trinajstić information content (AvgIpc) is 2.37. The molecule has 0 aliphatic carbocycles. The van der Waals surface area contributed by atoms with E-state index in [1.165, 1.54) is 49.4 Å². The molecule has 0 radical (unpaired) electrons. The van der Waals surface area contributed by atoms with Crippen LogP contribution in [0.2, 0.25) is 0 Å². The molecule has 0 unspecified atom stereocenters. The minimum Gasteiger partial charge on any atom is -0.508 e. The fourth-order valence-corrected chi connectivity index (χ4v) is 2.37. The van der Waals surface area contributed by atoms with Crippen LogP contribution in [0, 0.1) is 0 Å². The summed E-state index contributed by atoms with van der Waals surface area (Å²) < 4.78 is 28.2. The highest BCUT2D eigenvalue weighted by Gasteiger charge is 2.08. The number of ketones is 1. The maximum atomic E-state index is 11.4. The molecule has 5 nitrogen and oxygen atoms in total. The summed E-state index contributed by atoms with van der Waals surface area (Å²) in [5.74, 6) is 0.434. The Kier molecular flexibility index (Phi) is 3.99. The van der Waals surface area contributed by atoms with E-state index < -0.39 is 9.84 Å². The number of sulfone groups is 1. The van der Waals surface area contributed by atoms with Gasteiger partial charge >= 0.3 is 0 Å². The molecule has 0 aliphatic heterocycles. The Morgan fingerprint density at radius 1 is 1.05 bits per heavy atom. The summed E-state index contributed by atoms with van der Waals surface area (Å²) in [6, 6.07) is 10.1. The summed E-state index contributed by atoms with van der Waals surface area (Å²) >= 11 is 0. The van der Waals surface area contributed by atoms with Crippen molar-refractivity contribution in [2.45, 2.75) is 11.8 Å². The molecule has 0 amide bonds. The van der Waals surface area contributed by atoms with Crippen LogP contribution in [0.15, 0.2) is 47.4 Å². The molecular formula is C15H14O5S. The summed E-state index contributed by atoms with van der Waals surface area (Å²) in [6.07, 6.45) is 1.12. The van der Waals surface area contributed by atoms with Gasteiger partial charge in [0, 0.05) is 17.9 Å². The van der Waals surface area contributed by atoms with Crippen LogP contribution in [0.5, 0.6) is 17.2 Å². The monoisotopic (exact) mass is 306 g/mol. The van der Waals surface area contributed by atoms with Crippen molar-refractivity contribution in [3.63, 3.8) is 0 Å². The minimum atomic E-state index is -3.26. The summed E-state index contributed by atoms with van der Waals surface area (Å²) in [5, 5.41) is 9.56. The molecule has 0 bridgehead atoms. The van der Waals surface area contributed by atoms with Crippen molar-refractivity contribution in [2.24, 2.45) is 0 Å². The van der Waals surface area contributed by atoms with Gasteiger partial charge in [0.15, 0.2) is 15.6 Å². The van der Waals surface area contributed by atoms with E-state index >= 15 is 0 Å². The average molecular weight is 306 g/mol. The summed E-state index contributed by atoms with van der Waals surface area (Å²) in [4.78, 5) is 11.5. The van der Waals surface area contributed by atoms with Crippen LogP contribution in [-0.4, -0.2) is 25.6 Å². The molecule has 2 aromatic carbocycles. The molecule has 0 fully saturated rings. The zero-order chi connectivity index (χ0) is 15.6. The lowest BCUT2D eigenvalue weighted by molar-refractivity contribution is 0.101. The standard InChI is InChI=1S/C15H14O5S/c1-10(16)11-7-12(17)9-14(8-11)20-13-3-5-15(6-4-13)21(2,18)19/h3-9,17H,1-2H3. The molecule has 2 rings (SSSR count). The minimum absolute atomic E-state index is 0.0783. The molecule has 0 saturated heterocycles. The summed E-state index contributed by atoms with van der Waals surface area (Å²) in [7, 11) is -3.26. The number of carbonyl (C=O) groups is 1. The Morgan fingerprint density at radius 3 is 2.19 bits per heavy atom. The van der Waals surface area contributed by atoms with Gasteiger partial charge in [0.05, 0.1) is 4.90 Å². The number of ether oxygens (including phenoxy) is 1. The highest BCUT2D eigenvalue weighted by Crippen LogP contribution is 2.27. The first-order valence-electron chi connectivity index (χ1n) is 6.09. The molecule has 0 saturated carbocycles. The molecule has 0 heterocycles. The Hall–Kier alpha value is -2.34. The van der Waals surface area contributed by atoms with Crippen LogP contribution in [0.3, 0.4) is 0 Å². The van der Waals surface area contributed by atoms with Crippen LogP contribution in [0.4, 0.5) is 0 Å². The molecule has 0 atom stereocenters. The van der Waals surface area contributed by atoms with Gasteiger partial charge in [0.2, 0.25) is 0 Å². The number of benzene rings is 2. The summed E-state index contributed by atoms with van der Waals surface area (Å²) in [5.41, 5.74) is 0.331. The van der Waals surface area contributed by atoms with Gasteiger partial charge < -0.3 is 9.84 Å². The van der Waals surface area contributed by atoms with Crippen molar-refractivity contribution in [1.82, 2.24) is 0 Å². The maximum Gasteiger partial charge on any atom is 0.175 e. The smallest absolute Gasteiger partial charge is 0.175 e. The number of Topliss-reactive ketones (excluding diaryl/α,β-unsaturated/α-hetero) is 1. The zero-order valence-corrected chi connectivity index (χ0v) is 12.3. The van der Waals surface area contributed by atoms with Crippen molar-refractivity contribution in [3.05, 3.63) is 48.0 Å². The molecule has 0 spiro atoms. The third kappa shape index (κ3) is 3.82. The Morgan fingerprint density at radius 2 is 1.67 bits per heavy atom. The first-order chi connectivity index (χ1) is 9.75. The Balaban J connectivity index is 2.28. The predicted octanol–water partition coefficient (Wildman–Crippen LogP) is 2.79. The zero-order valence-electron chi connectivity index (χ0n) is 11.5. The quantitative estimate of drug-likeness (QED) is 0.878. The van der Waals surface area contributed by atoms with Gasteiger partial charge in [-0.15, -0.1) is 0 Å². The number of carbonyl (C=O) groups excluding carboxylic acids is 1. The van der Waals surface area contributed by atoms with Gasteiger partial charge in [-0.25, -0.2) is 8.42 Å². The molecular weight excluding hydrogens is 292 g/mol. The van der Waals surface area contributed by atoms with E-state index in [0.29, 0.717) is 17.1 Å². The lowest BCUT2D eigenvalue weighted by atomic mass is 10.1. The highest BCUT2D eigenvalue weighted by atomic mass is 32.2. The van der Waals surface area contributed by atoms with E-state index in [2.05, 4.69) is 0 Å². The molecule has 0 aliphatic rings. The van der Waals surface area contributed by atoms with Crippen LogP contribution >= 0.6 is 0 Å². The van der Waals surface area contributed by atoms with Crippen LogP contribution < -0.4 is 4.74 Å². The van der Waals surface area contributed by atoms with Crippen LogP contribution in [-0.2, 0) is 9.84 Å². The number of hydrogen-bond donors (Lipinski definition) is 1. The second-order valence-corrected chi connectivity index (χ2v) is 6.63. The summed E-state index contributed by atoms with van der Waals surface area (Å²) in [6.45, 7) is 1.39. The molecule has 6 heteroatoms. The first-order valence-corrected chi connectivity index (χ1v) is 7.98. The fourth-order valence-electron chi connectivity index (χ4n) is 1.74. The number of rotatable bonds is 4. The van der Waals surface area contributed by atoms with Gasteiger partial charge in [-0.05, 0) is 43.3 Å². The molecule has 110 valence electrons. The molecule has 2 aromatic rings. The lowest BCUT2D eigenvalue weighted by Gasteiger charge is -2.08. The van der Waals surface area contributed by atoms with Gasteiger partial charge in [0.1, 0.15) is 17.2 Å². The largest absolute Gasteiger partial charge is 0.508 e. The van der Waals surface area contributed by atoms with E-state index in [-0.39, 0.29) is 16.4 Å².